The van der Waals surface area contributed by atoms with Crippen LogP contribution in [0.5, 0.6) is 0 Å². The van der Waals surface area contributed by atoms with Crippen molar-refractivity contribution in [3.8, 4) is 0 Å². The van der Waals surface area contributed by atoms with Crippen LogP contribution >= 0.6 is 11.6 Å². The second-order valence-corrected chi connectivity index (χ2v) is 5.73. The van der Waals surface area contributed by atoms with Gasteiger partial charge in [0.15, 0.2) is 0 Å². The molecule has 0 spiro atoms. The molecular weight excluding hydrogens is 328 g/mol. The Labute approximate surface area is 145 Å². The van der Waals surface area contributed by atoms with E-state index in [9.17, 15) is 9.59 Å². The summed E-state index contributed by atoms with van der Waals surface area (Å²) < 4.78 is 0. The summed E-state index contributed by atoms with van der Waals surface area (Å²) >= 11 is 5.84. The number of urea groups is 1. The van der Waals surface area contributed by atoms with E-state index in [0.29, 0.717) is 22.9 Å². The number of anilines is 2. The van der Waals surface area contributed by atoms with Gasteiger partial charge in [-0.15, -0.1) is 0 Å². The van der Waals surface area contributed by atoms with E-state index in [1.165, 1.54) is 12.1 Å². The number of hydrogen-bond donors (Lipinski definition) is 2. The van der Waals surface area contributed by atoms with E-state index in [-0.39, 0.29) is 11.6 Å². The van der Waals surface area contributed by atoms with Gasteiger partial charge < -0.3 is 10.4 Å². The van der Waals surface area contributed by atoms with Gasteiger partial charge >= 0.3 is 12.0 Å². The number of unbranched alkanes of at least 4 members (excludes halogenated alkanes) is 1. The van der Waals surface area contributed by atoms with Crippen molar-refractivity contribution in [1.82, 2.24) is 0 Å². The van der Waals surface area contributed by atoms with Crippen molar-refractivity contribution in [1.29, 1.82) is 0 Å². The Morgan fingerprint density at radius 2 is 1.71 bits per heavy atom. The average Bonchev–Trinajstić information content (AvgIpc) is 2.58. The van der Waals surface area contributed by atoms with E-state index >= 15 is 0 Å². The number of nitrogens with zero attached hydrogens (tertiary/aromatic N) is 1. The Morgan fingerprint density at radius 3 is 2.25 bits per heavy atom. The van der Waals surface area contributed by atoms with Crippen molar-refractivity contribution in [2.75, 3.05) is 16.8 Å². The average molecular weight is 347 g/mol. The van der Waals surface area contributed by atoms with Gasteiger partial charge in [0.2, 0.25) is 0 Å². The Bertz CT molecular complexity index is 699. The highest BCUT2D eigenvalue weighted by Gasteiger charge is 2.16. The van der Waals surface area contributed by atoms with E-state index in [4.69, 9.17) is 16.7 Å². The van der Waals surface area contributed by atoms with Gasteiger partial charge in [-0.05, 0) is 55.0 Å². The van der Waals surface area contributed by atoms with Crippen LogP contribution in [0.25, 0.3) is 0 Å². The molecule has 0 bridgehead atoms. The summed E-state index contributed by atoms with van der Waals surface area (Å²) in [5.74, 6) is -0.993. The molecule has 2 rings (SSSR count). The fraction of sp³-hybridized carbons (Fsp3) is 0.222. The maximum absolute atomic E-state index is 12.6. The van der Waals surface area contributed by atoms with Gasteiger partial charge in [0.05, 0.1) is 5.56 Å². The molecule has 0 atom stereocenters. The number of aromatic carboxylic acids is 1. The quantitative estimate of drug-likeness (QED) is 0.783. The molecule has 0 saturated carbocycles. The number of amides is 2. The second kappa shape index (κ2) is 8.36. The molecule has 0 aliphatic rings. The van der Waals surface area contributed by atoms with Gasteiger partial charge in [-0.25, -0.2) is 9.59 Å². The van der Waals surface area contributed by atoms with Gasteiger partial charge in [0, 0.05) is 22.9 Å². The smallest absolute Gasteiger partial charge is 0.335 e. The first kappa shape index (κ1) is 17.8. The Balaban J connectivity index is 2.18. The molecule has 0 unspecified atom stereocenters. The fourth-order valence-electron chi connectivity index (χ4n) is 2.17. The maximum atomic E-state index is 12.6. The molecule has 5 nitrogen and oxygen atoms in total. The van der Waals surface area contributed by atoms with Crippen LogP contribution in [-0.2, 0) is 0 Å². The first-order chi connectivity index (χ1) is 11.5. The first-order valence-electron chi connectivity index (χ1n) is 7.68. The molecule has 24 heavy (non-hydrogen) atoms. The molecule has 2 N–H and O–H groups in total. The number of nitrogens with one attached hydrogen (secondary N) is 1. The highest BCUT2D eigenvalue weighted by Crippen LogP contribution is 2.19. The standard InChI is InChI=1S/C18H19ClN2O3/c1-2-3-12-21(16-10-4-13(5-11-16)17(22)23)18(24)20-15-8-6-14(19)7-9-15/h4-11H,2-3,12H2,1H3,(H,20,24)(H,22,23). The molecule has 2 amide bonds. The van der Waals surface area contributed by atoms with E-state index in [0.717, 1.165) is 12.8 Å². The van der Waals surface area contributed by atoms with Crippen molar-refractivity contribution in [2.24, 2.45) is 0 Å². The third-order valence-electron chi connectivity index (χ3n) is 3.50. The van der Waals surface area contributed by atoms with Crippen LogP contribution < -0.4 is 10.2 Å². The van der Waals surface area contributed by atoms with E-state index in [1.54, 1.807) is 41.3 Å². The van der Waals surface area contributed by atoms with Crippen molar-refractivity contribution >= 4 is 35.0 Å². The molecule has 0 aliphatic carbocycles. The summed E-state index contributed by atoms with van der Waals surface area (Å²) in [6, 6.07) is 12.9. The number of carbonyl (C=O) groups excluding carboxylic acids is 1. The summed E-state index contributed by atoms with van der Waals surface area (Å²) in [6.07, 6.45) is 1.78. The van der Waals surface area contributed by atoms with Crippen LogP contribution in [0.1, 0.15) is 30.1 Å². The molecule has 6 heteroatoms. The van der Waals surface area contributed by atoms with Gasteiger partial charge in [-0.1, -0.05) is 24.9 Å². The van der Waals surface area contributed by atoms with E-state index in [1.807, 2.05) is 6.92 Å². The zero-order valence-corrected chi connectivity index (χ0v) is 14.1. The number of carboxylic acid groups (broad SMARTS) is 1. The van der Waals surface area contributed by atoms with Crippen molar-refractivity contribution in [2.45, 2.75) is 19.8 Å². The third kappa shape index (κ3) is 4.73. The lowest BCUT2D eigenvalue weighted by Crippen LogP contribution is -2.35. The van der Waals surface area contributed by atoms with Crippen LogP contribution in [0.3, 0.4) is 0 Å². The first-order valence-corrected chi connectivity index (χ1v) is 8.06. The molecular formula is C18H19ClN2O3. The number of carboxylic acids is 1. The van der Waals surface area contributed by atoms with Gasteiger partial charge in [-0.2, -0.15) is 0 Å². The predicted molar refractivity (Wildman–Crippen MR) is 96.1 cm³/mol. The van der Waals surface area contributed by atoms with E-state index in [2.05, 4.69) is 5.32 Å². The molecule has 0 fully saturated rings. The highest BCUT2D eigenvalue weighted by molar-refractivity contribution is 6.30. The molecule has 0 radical (unpaired) electrons. The van der Waals surface area contributed by atoms with Crippen molar-refractivity contribution in [3.63, 3.8) is 0 Å². The number of hydrogen-bond acceptors (Lipinski definition) is 2. The third-order valence-corrected chi connectivity index (χ3v) is 3.75. The fourth-order valence-corrected chi connectivity index (χ4v) is 2.30. The lowest BCUT2D eigenvalue weighted by molar-refractivity contribution is 0.0697. The van der Waals surface area contributed by atoms with Gasteiger partial charge in [0.1, 0.15) is 0 Å². The summed E-state index contributed by atoms with van der Waals surface area (Å²) in [6.45, 7) is 2.59. The second-order valence-electron chi connectivity index (χ2n) is 5.29. The zero-order chi connectivity index (χ0) is 17.5. The largest absolute Gasteiger partial charge is 0.478 e. The molecule has 2 aromatic rings. The topological polar surface area (TPSA) is 69.6 Å². The minimum Gasteiger partial charge on any atom is -0.478 e. The normalized spacial score (nSPS) is 10.2. The van der Waals surface area contributed by atoms with Gasteiger partial charge in [-0.3, -0.25) is 4.90 Å². The molecule has 0 saturated heterocycles. The number of halogens is 1. The van der Waals surface area contributed by atoms with Crippen LogP contribution in [0.15, 0.2) is 48.5 Å². The summed E-state index contributed by atoms with van der Waals surface area (Å²) in [5, 5.41) is 12.4. The molecule has 0 heterocycles. The Hall–Kier alpha value is -2.53. The highest BCUT2D eigenvalue weighted by atomic mass is 35.5. The molecule has 0 aromatic heterocycles. The lowest BCUT2D eigenvalue weighted by Gasteiger charge is -2.23. The van der Waals surface area contributed by atoms with Crippen LogP contribution in [0, 0.1) is 0 Å². The Morgan fingerprint density at radius 1 is 1.08 bits per heavy atom. The maximum Gasteiger partial charge on any atom is 0.335 e. The predicted octanol–water partition coefficient (Wildman–Crippen LogP) is 4.88. The number of rotatable bonds is 6. The van der Waals surface area contributed by atoms with Crippen LogP contribution in [0.2, 0.25) is 5.02 Å². The van der Waals surface area contributed by atoms with Crippen LogP contribution in [0.4, 0.5) is 16.2 Å². The van der Waals surface area contributed by atoms with Crippen molar-refractivity contribution in [3.05, 3.63) is 59.1 Å². The molecule has 126 valence electrons. The number of benzene rings is 2. The number of carbonyl (C=O) groups is 2. The summed E-state index contributed by atoms with van der Waals surface area (Å²) in [5.41, 5.74) is 1.49. The summed E-state index contributed by atoms with van der Waals surface area (Å²) in [7, 11) is 0. The molecule has 2 aromatic carbocycles. The van der Waals surface area contributed by atoms with Crippen LogP contribution in [-0.4, -0.2) is 23.7 Å². The van der Waals surface area contributed by atoms with Gasteiger partial charge in [0.25, 0.3) is 0 Å². The monoisotopic (exact) mass is 346 g/mol. The molecule has 0 aliphatic heterocycles. The van der Waals surface area contributed by atoms with E-state index < -0.39 is 5.97 Å². The zero-order valence-electron chi connectivity index (χ0n) is 13.3. The Kier molecular flexibility index (Phi) is 6.21. The summed E-state index contributed by atoms with van der Waals surface area (Å²) in [4.78, 5) is 25.1. The van der Waals surface area contributed by atoms with Crippen molar-refractivity contribution < 1.29 is 14.7 Å². The minimum absolute atomic E-state index is 0.187. The lowest BCUT2D eigenvalue weighted by atomic mass is 10.2. The SMILES string of the molecule is CCCCN(C(=O)Nc1ccc(Cl)cc1)c1ccc(C(=O)O)cc1. The minimum atomic E-state index is -0.993.